The summed E-state index contributed by atoms with van der Waals surface area (Å²) in [7, 11) is 2.18. The van der Waals surface area contributed by atoms with Gasteiger partial charge in [-0.25, -0.2) is 0 Å². The van der Waals surface area contributed by atoms with Crippen LogP contribution in [0.25, 0.3) is 0 Å². The number of halogens is 1. The van der Waals surface area contributed by atoms with E-state index in [0.29, 0.717) is 16.8 Å². The molecule has 5 heteroatoms. The van der Waals surface area contributed by atoms with Crippen LogP contribution in [0.3, 0.4) is 0 Å². The third-order valence-electron chi connectivity index (χ3n) is 3.85. The molecule has 2 aliphatic heterocycles. The van der Waals surface area contributed by atoms with Gasteiger partial charge in [0.2, 0.25) is 6.79 Å². The summed E-state index contributed by atoms with van der Waals surface area (Å²) in [6.07, 6.45) is 2.41. The van der Waals surface area contributed by atoms with Crippen molar-refractivity contribution in [3.8, 4) is 11.5 Å². The molecular formula is C14H19ClN2O2. The molecule has 0 aliphatic carbocycles. The predicted molar refractivity (Wildman–Crippen MR) is 74.9 cm³/mol. The lowest BCUT2D eigenvalue weighted by Gasteiger charge is -2.31. The number of nitrogens with zero attached hydrogens (tertiary/aromatic N) is 1. The van der Waals surface area contributed by atoms with Gasteiger partial charge in [-0.1, -0.05) is 11.6 Å². The van der Waals surface area contributed by atoms with E-state index in [4.69, 9.17) is 21.1 Å². The Balaban J connectivity index is 1.70. The first-order valence-corrected chi connectivity index (χ1v) is 7.11. The van der Waals surface area contributed by atoms with Crippen LogP contribution in [-0.4, -0.2) is 37.9 Å². The normalized spacial score (nSPS) is 19.1. The second-order valence-electron chi connectivity index (χ2n) is 5.21. The summed E-state index contributed by atoms with van der Waals surface area (Å²) in [5.41, 5.74) is 1.18. The zero-order valence-corrected chi connectivity index (χ0v) is 11.9. The second kappa shape index (κ2) is 5.57. The molecule has 1 aromatic rings. The molecule has 4 nitrogen and oxygen atoms in total. The van der Waals surface area contributed by atoms with Gasteiger partial charge in [-0.3, -0.25) is 4.90 Å². The largest absolute Gasteiger partial charge is 0.454 e. The number of piperidine rings is 1. The molecule has 104 valence electrons. The fourth-order valence-corrected chi connectivity index (χ4v) is 3.06. The maximum Gasteiger partial charge on any atom is 0.231 e. The minimum atomic E-state index is 0.267. The third kappa shape index (κ3) is 2.81. The van der Waals surface area contributed by atoms with Crippen LogP contribution in [0.15, 0.2) is 12.1 Å². The Morgan fingerprint density at radius 2 is 2.11 bits per heavy atom. The molecule has 1 fully saturated rings. The second-order valence-corrected chi connectivity index (χ2v) is 5.61. The average Bonchev–Trinajstić information content (AvgIpc) is 2.88. The molecule has 2 aliphatic rings. The van der Waals surface area contributed by atoms with E-state index in [9.17, 15) is 0 Å². The van der Waals surface area contributed by atoms with Gasteiger partial charge in [0.15, 0.2) is 11.5 Å². The zero-order valence-electron chi connectivity index (χ0n) is 11.1. The van der Waals surface area contributed by atoms with Gasteiger partial charge in [0.05, 0.1) is 5.02 Å². The van der Waals surface area contributed by atoms with Gasteiger partial charge in [-0.2, -0.15) is 0 Å². The Morgan fingerprint density at radius 3 is 2.89 bits per heavy atom. The van der Waals surface area contributed by atoms with Crippen LogP contribution in [0.2, 0.25) is 5.02 Å². The highest BCUT2D eigenvalue weighted by Gasteiger charge is 2.21. The highest BCUT2D eigenvalue weighted by atomic mass is 35.5. The van der Waals surface area contributed by atoms with Gasteiger partial charge in [0.25, 0.3) is 0 Å². The van der Waals surface area contributed by atoms with Crippen molar-refractivity contribution in [2.45, 2.75) is 25.4 Å². The summed E-state index contributed by atoms with van der Waals surface area (Å²) >= 11 is 6.21. The van der Waals surface area contributed by atoms with Crippen molar-refractivity contribution >= 4 is 11.6 Å². The Kier molecular flexibility index (Phi) is 3.82. The number of benzene rings is 1. The summed E-state index contributed by atoms with van der Waals surface area (Å²) in [5.74, 6) is 1.44. The molecule has 0 amide bonds. The molecule has 0 saturated carbocycles. The van der Waals surface area contributed by atoms with Gasteiger partial charge < -0.3 is 14.8 Å². The molecule has 0 radical (unpaired) electrons. The smallest absolute Gasteiger partial charge is 0.231 e. The molecule has 1 N–H and O–H groups in total. The van der Waals surface area contributed by atoms with Crippen molar-refractivity contribution < 1.29 is 9.47 Å². The number of fused-ring (bicyclic) bond motifs is 1. The van der Waals surface area contributed by atoms with E-state index in [1.54, 1.807) is 0 Å². The quantitative estimate of drug-likeness (QED) is 0.922. The van der Waals surface area contributed by atoms with Gasteiger partial charge >= 0.3 is 0 Å². The standard InChI is InChI=1S/C14H19ClN2O2/c1-17(11-2-4-16-5-3-11)8-10-6-12(15)14-13(7-10)18-9-19-14/h6-7,11,16H,2-5,8-9H2,1H3. The molecule has 0 aromatic heterocycles. The number of nitrogens with one attached hydrogen (secondary N) is 1. The monoisotopic (exact) mass is 282 g/mol. The fraction of sp³-hybridized carbons (Fsp3) is 0.571. The van der Waals surface area contributed by atoms with Gasteiger partial charge in [-0.05, 0) is 50.7 Å². The lowest BCUT2D eigenvalue weighted by molar-refractivity contribution is 0.173. The first-order chi connectivity index (χ1) is 9.24. The van der Waals surface area contributed by atoms with Crippen molar-refractivity contribution in [3.63, 3.8) is 0 Å². The molecule has 0 bridgehead atoms. The van der Waals surface area contributed by atoms with Crippen molar-refractivity contribution in [3.05, 3.63) is 22.7 Å². The minimum absolute atomic E-state index is 0.267. The molecule has 3 rings (SSSR count). The SMILES string of the molecule is CN(Cc1cc(Cl)c2c(c1)OCO2)C1CCNCC1. The van der Waals surface area contributed by atoms with Gasteiger partial charge in [-0.15, -0.1) is 0 Å². The van der Waals surface area contributed by atoms with Crippen molar-refractivity contribution in [1.29, 1.82) is 0 Å². The average molecular weight is 283 g/mol. The summed E-state index contributed by atoms with van der Waals surface area (Å²) in [6.45, 7) is 3.37. The number of hydrogen-bond donors (Lipinski definition) is 1. The van der Waals surface area contributed by atoms with Crippen molar-refractivity contribution in [1.82, 2.24) is 10.2 Å². The van der Waals surface area contributed by atoms with E-state index in [-0.39, 0.29) is 6.79 Å². The fourth-order valence-electron chi connectivity index (χ4n) is 2.78. The van der Waals surface area contributed by atoms with Crippen LogP contribution in [0, 0.1) is 0 Å². The number of ether oxygens (including phenoxy) is 2. The van der Waals surface area contributed by atoms with Crippen LogP contribution >= 0.6 is 11.6 Å². The summed E-state index contributed by atoms with van der Waals surface area (Å²) in [4.78, 5) is 2.40. The van der Waals surface area contributed by atoms with Gasteiger partial charge in [0.1, 0.15) is 0 Å². The number of rotatable bonds is 3. The molecule has 19 heavy (non-hydrogen) atoms. The molecule has 1 aromatic carbocycles. The molecule has 0 unspecified atom stereocenters. The third-order valence-corrected chi connectivity index (χ3v) is 4.13. The molecule has 0 spiro atoms. The summed E-state index contributed by atoms with van der Waals surface area (Å²) in [6, 6.07) is 4.66. The van der Waals surface area contributed by atoms with E-state index in [1.807, 2.05) is 12.1 Å². The van der Waals surface area contributed by atoms with E-state index >= 15 is 0 Å². The van der Waals surface area contributed by atoms with E-state index < -0.39 is 0 Å². The Hall–Kier alpha value is -0.970. The Bertz CT molecular complexity index is 461. The molecular weight excluding hydrogens is 264 g/mol. The van der Waals surface area contributed by atoms with Gasteiger partial charge in [0, 0.05) is 12.6 Å². The van der Waals surface area contributed by atoms with Crippen LogP contribution in [0.4, 0.5) is 0 Å². The minimum Gasteiger partial charge on any atom is -0.454 e. The highest BCUT2D eigenvalue weighted by Crippen LogP contribution is 2.40. The first kappa shape index (κ1) is 13.0. The molecule has 2 heterocycles. The van der Waals surface area contributed by atoms with Crippen molar-refractivity contribution in [2.75, 3.05) is 26.9 Å². The zero-order chi connectivity index (χ0) is 13.2. The topological polar surface area (TPSA) is 33.7 Å². The van der Waals surface area contributed by atoms with E-state index in [2.05, 4.69) is 17.3 Å². The van der Waals surface area contributed by atoms with Crippen LogP contribution in [0.5, 0.6) is 11.5 Å². The Morgan fingerprint density at radius 1 is 1.32 bits per heavy atom. The lowest BCUT2D eigenvalue weighted by Crippen LogP contribution is -2.40. The van der Waals surface area contributed by atoms with Crippen LogP contribution in [-0.2, 0) is 6.54 Å². The summed E-state index contributed by atoms with van der Waals surface area (Å²) in [5, 5.41) is 4.03. The highest BCUT2D eigenvalue weighted by molar-refractivity contribution is 6.32. The van der Waals surface area contributed by atoms with Crippen LogP contribution in [0.1, 0.15) is 18.4 Å². The summed E-state index contributed by atoms with van der Waals surface area (Å²) < 4.78 is 10.7. The van der Waals surface area contributed by atoms with Crippen LogP contribution < -0.4 is 14.8 Å². The van der Waals surface area contributed by atoms with E-state index in [0.717, 1.165) is 25.4 Å². The molecule has 0 atom stereocenters. The maximum atomic E-state index is 6.21. The van der Waals surface area contributed by atoms with Crippen molar-refractivity contribution in [2.24, 2.45) is 0 Å². The number of hydrogen-bond acceptors (Lipinski definition) is 4. The maximum absolute atomic E-state index is 6.21. The molecule has 1 saturated heterocycles. The first-order valence-electron chi connectivity index (χ1n) is 6.73. The lowest BCUT2D eigenvalue weighted by atomic mass is 10.0. The van der Waals surface area contributed by atoms with E-state index in [1.165, 1.54) is 18.4 Å². The Labute approximate surface area is 118 Å². The predicted octanol–water partition coefficient (Wildman–Crippen LogP) is 2.25.